The van der Waals surface area contributed by atoms with Gasteiger partial charge in [-0.1, -0.05) is 63.6 Å². The zero-order valence-electron chi connectivity index (χ0n) is 23.4. The first kappa shape index (κ1) is 31.7. The fourth-order valence-electron chi connectivity index (χ4n) is 5.33. The molecular weight excluding hydrogens is 517 g/mol. The average Bonchev–Trinajstić information content (AvgIpc) is 3.25. The first-order valence-corrected chi connectivity index (χ1v) is 13.2. The standard InChI is InChI=1S/C30H41N5O.2ClH/c1-7-24-18-22(16-21(3)32-24)17-23-10-8-9-11-26(23)34(29(31)36)28-19-27(30(4,5)6)33-35(28)25-14-12-20(2)13-15-25;;/h8-15,19,21-22,24,32H,7,16-18H2,1-6H3,(H2,31,36);2*1H. The van der Waals surface area contributed by atoms with Crippen molar-refractivity contribution in [2.24, 2.45) is 11.7 Å². The van der Waals surface area contributed by atoms with Gasteiger partial charge >= 0.3 is 6.03 Å². The summed E-state index contributed by atoms with van der Waals surface area (Å²) in [6.07, 6.45) is 4.30. The average molecular weight is 561 g/mol. The van der Waals surface area contributed by atoms with Gasteiger partial charge < -0.3 is 11.1 Å². The monoisotopic (exact) mass is 559 g/mol. The van der Waals surface area contributed by atoms with Crippen molar-refractivity contribution < 1.29 is 4.79 Å². The summed E-state index contributed by atoms with van der Waals surface area (Å²) in [6, 6.07) is 18.9. The van der Waals surface area contributed by atoms with Gasteiger partial charge in [-0.25, -0.2) is 14.4 Å². The molecule has 0 radical (unpaired) electrons. The van der Waals surface area contributed by atoms with Gasteiger partial charge in [0.15, 0.2) is 0 Å². The Morgan fingerprint density at radius 3 is 2.37 bits per heavy atom. The van der Waals surface area contributed by atoms with Gasteiger partial charge in [0.2, 0.25) is 0 Å². The fraction of sp³-hybridized carbons (Fsp3) is 0.467. The Bertz CT molecular complexity index is 1200. The second-order valence-corrected chi connectivity index (χ2v) is 11.4. The van der Waals surface area contributed by atoms with E-state index in [2.05, 4.69) is 71.1 Å². The molecule has 0 saturated carbocycles. The van der Waals surface area contributed by atoms with Crippen LogP contribution in [0.25, 0.3) is 5.69 Å². The van der Waals surface area contributed by atoms with Crippen molar-refractivity contribution in [3.63, 3.8) is 0 Å². The highest BCUT2D eigenvalue weighted by Crippen LogP contribution is 2.36. The number of piperidine rings is 1. The van der Waals surface area contributed by atoms with Crippen LogP contribution < -0.4 is 16.0 Å². The van der Waals surface area contributed by atoms with E-state index in [0.717, 1.165) is 48.3 Å². The van der Waals surface area contributed by atoms with Crippen LogP contribution in [0.3, 0.4) is 0 Å². The highest BCUT2D eigenvalue weighted by Gasteiger charge is 2.30. The van der Waals surface area contributed by atoms with Crippen LogP contribution >= 0.6 is 24.8 Å². The van der Waals surface area contributed by atoms with E-state index >= 15 is 0 Å². The Morgan fingerprint density at radius 1 is 1.11 bits per heavy atom. The Hall–Kier alpha value is -2.54. The lowest BCUT2D eigenvalue weighted by Gasteiger charge is -2.35. The molecule has 1 aromatic heterocycles. The molecule has 0 aliphatic carbocycles. The third-order valence-corrected chi connectivity index (χ3v) is 7.25. The number of aryl methyl sites for hydroxylation is 1. The molecule has 8 heteroatoms. The van der Waals surface area contributed by atoms with Crippen molar-refractivity contribution in [2.75, 3.05) is 4.90 Å². The lowest BCUT2D eigenvalue weighted by atomic mass is 9.83. The van der Waals surface area contributed by atoms with E-state index in [-0.39, 0.29) is 30.2 Å². The number of carbonyl (C=O) groups is 1. The van der Waals surface area contributed by atoms with Crippen molar-refractivity contribution in [3.05, 3.63) is 71.4 Å². The summed E-state index contributed by atoms with van der Waals surface area (Å²) in [5.74, 6) is 1.21. The third-order valence-electron chi connectivity index (χ3n) is 7.25. The number of hydrogen-bond donors (Lipinski definition) is 2. The number of halogens is 2. The lowest BCUT2D eigenvalue weighted by molar-refractivity contribution is 0.246. The van der Waals surface area contributed by atoms with Crippen molar-refractivity contribution in [2.45, 2.75) is 84.7 Å². The summed E-state index contributed by atoms with van der Waals surface area (Å²) >= 11 is 0. The SMILES string of the molecule is CCC1CC(Cc2ccccc2N(C(N)=O)c2cc(C(C)(C)C)nn2-c2ccc(C)cc2)CC(C)N1.Cl.Cl. The van der Waals surface area contributed by atoms with Crippen LogP contribution in [0, 0.1) is 12.8 Å². The molecular formula is C30H43Cl2N5O. The molecule has 0 spiro atoms. The number of urea groups is 1. The Morgan fingerprint density at radius 2 is 1.76 bits per heavy atom. The number of rotatable bonds is 6. The van der Waals surface area contributed by atoms with Crippen molar-refractivity contribution in [1.29, 1.82) is 0 Å². The van der Waals surface area contributed by atoms with Crippen molar-refractivity contribution in [1.82, 2.24) is 15.1 Å². The molecule has 6 nitrogen and oxygen atoms in total. The molecule has 208 valence electrons. The van der Waals surface area contributed by atoms with Crippen LogP contribution in [-0.4, -0.2) is 27.9 Å². The maximum Gasteiger partial charge on any atom is 0.325 e. The van der Waals surface area contributed by atoms with Gasteiger partial charge in [-0.05, 0) is 69.2 Å². The zero-order valence-corrected chi connectivity index (χ0v) is 25.0. The smallest absolute Gasteiger partial charge is 0.325 e. The minimum absolute atomic E-state index is 0. The summed E-state index contributed by atoms with van der Waals surface area (Å²) in [5.41, 5.74) is 10.8. The summed E-state index contributed by atoms with van der Waals surface area (Å²) in [7, 11) is 0. The van der Waals surface area contributed by atoms with Gasteiger partial charge in [0.1, 0.15) is 5.82 Å². The van der Waals surface area contributed by atoms with E-state index in [4.69, 9.17) is 10.8 Å². The van der Waals surface area contributed by atoms with Crippen LogP contribution in [0.2, 0.25) is 0 Å². The Balaban J connectivity index is 0.00000253. The van der Waals surface area contributed by atoms with E-state index in [9.17, 15) is 4.79 Å². The van der Waals surface area contributed by atoms with Crippen LogP contribution in [0.1, 0.15) is 70.7 Å². The van der Waals surface area contributed by atoms with Gasteiger partial charge in [-0.15, -0.1) is 24.8 Å². The van der Waals surface area contributed by atoms with Crippen molar-refractivity contribution in [3.8, 4) is 5.69 Å². The number of carbonyl (C=O) groups excluding carboxylic acids is 1. The first-order chi connectivity index (χ1) is 17.1. The second kappa shape index (κ2) is 13.0. The van der Waals surface area contributed by atoms with Gasteiger partial charge in [-0.2, -0.15) is 5.10 Å². The minimum Gasteiger partial charge on any atom is -0.351 e. The lowest BCUT2D eigenvalue weighted by Crippen LogP contribution is -2.44. The molecule has 38 heavy (non-hydrogen) atoms. The first-order valence-electron chi connectivity index (χ1n) is 13.2. The number of para-hydroxylation sites is 1. The number of aromatic nitrogens is 2. The second-order valence-electron chi connectivity index (χ2n) is 11.4. The number of amides is 2. The number of benzene rings is 2. The van der Waals surface area contributed by atoms with E-state index in [0.29, 0.717) is 23.8 Å². The van der Waals surface area contributed by atoms with E-state index in [1.165, 1.54) is 5.56 Å². The van der Waals surface area contributed by atoms with Gasteiger partial charge in [0.05, 0.1) is 17.1 Å². The predicted octanol–water partition coefficient (Wildman–Crippen LogP) is 7.25. The van der Waals surface area contributed by atoms with Crippen molar-refractivity contribution >= 4 is 42.4 Å². The van der Waals surface area contributed by atoms with Gasteiger partial charge in [0, 0.05) is 23.6 Å². The number of nitrogens with two attached hydrogens (primary N) is 1. The quantitative estimate of drug-likeness (QED) is 0.334. The van der Waals surface area contributed by atoms with E-state index in [1.54, 1.807) is 4.90 Å². The van der Waals surface area contributed by atoms with Crippen LogP contribution in [-0.2, 0) is 11.8 Å². The molecule has 3 unspecified atom stereocenters. The molecule has 3 atom stereocenters. The van der Waals surface area contributed by atoms with Crippen LogP contribution in [0.4, 0.5) is 16.3 Å². The third kappa shape index (κ3) is 7.10. The molecule has 1 aliphatic heterocycles. The highest BCUT2D eigenvalue weighted by molar-refractivity contribution is 5.98. The van der Waals surface area contributed by atoms with E-state index in [1.807, 2.05) is 35.0 Å². The fourth-order valence-corrected chi connectivity index (χ4v) is 5.33. The maximum atomic E-state index is 13.1. The zero-order chi connectivity index (χ0) is 26.0. The molecule has 3 aromatic rings. The van der Waals surface area contributed by atoms with Crippen LogP contribution in [0.5, 0.6) is 0 Å². The summed E-state index contributed by atoms with van der Waals surface area (Å²) in [4.78, 5) is 14.7. The molecule has 1 fully saturated rings. The summed E-state index contributed by atoms with van der Waals surface area (Å²) in [5, 5.41) is 8.66. The number of nitrogens with one attached hydrogen (secondary N) is 1. The van der Waals surface area contributed by atoms with Crippen LogP contribution in [0.15, 0.2) is 54.6 Å². The molecule has 4 rings (SSSR count). The maximum absolute atomic E-state index is 13.1. The molecule has 1 saturated heterocycles. The molecule has 1 aliphatic rings. The Labute approximate surface area is 240 Å². The largest absolute Gasteiger partial charge is 0.351 e. The molecule has 0 bridgehead atoms. The van der Waals surface area contributed by atoms with Gasteiger partial charge in [-0.3, -0.25) is 0 Å². The number of anilines is 2. The Kier molecular flexibility index (Phi) is 10.8. The number of hydrogen-bond acceptors (Lipinski definition) is 3. The summed E-state index contributed by atoms with van der Waals surface area (Å²) < 4.78 is 1.85. The minimum atomic E-state index is -0.513. The predicted molar refractivity (Wildman–Crippen MR) is 163 cm³/mol. The number of nitrogens with zero attached hydrogens (tertiary/aromatic N) is 3. The molecule has 2 heterocycles. The number of primary amides is 1. The molecule has 3 N–H and O–H groups in total. The topological polar surface area (TPSA) is 76.2 Å². The normalized spacial score (nSPS) is 19.3. The highest BCUT2D eigenvalue weighted by atomic mass is 35.5. The molecule has 2 aromatic carbocycles. The van der Waals surface area contributed by atoms with Gasteiger partial charge in [0.25, 0.3) is 0 Å². The van der Waals surface area contributed by atoms with E-state index < -0.39 is 6.03 Å². The summed E-state index contributed by atoms with van der Waals surface area (Å²) in [6.45, 7) is 13.0. The molecule has 2 amide bonds.